The van der Waals surface area contributed by atoms with Crippen LogP contribution in [0.15, 0.2) is 6.33 Å². The summed E-state index contributed by atoms with van der Waals surface area (Å²) >= 11 is 5.86. The molecule has 0 spiro atoms. The van der Waals surface area contributed by atoms with Gasteiger partial charge in [0.1, 0.15) is 6.10 Å². The molecule has 6 heteroatoms. The normalized spacial score (nSPS) is 17.5. The van der Waals surface area contributed by atoms with Crippen molar-refractivity contribution in [1.82, 2.24) is 15.0 Å². The van der Waals surface area contributed by atoms with E-state index in [4.69, 9.17) is 16.3 Å². The lowest BCUT2D eigenvalue weighted by molar-refractivity contribution is -0.347. The van der Waals surface area contributed by atoms with Gasteiger partial charge >= 0.3 is 10.9 Å². The number of imidazole rings is 1. The number of nitrogens with one attached hydrogen (secondary N) is 2. The first kappa shape index (κ1) is 10.8. The van der Waals surface area contributed by atoms with Crippen LogP contribution >= 0.6 is 11.6 Å². The van der Waals surface area contributed by atoms with Crippen molar-refractivity contribution in [3.8, 4) is 5.88 Å². The van der Waals surface area contributed by atoms with Crippen LogP contribution in [-0.4, -0.2) is 21.1 Å². The summed E-state index contributed by atoms with van der Waals surface area (Å²) in [4.78, 5) is 14.2. The van der Waals surface area contributed by atoms with E-state index < -0.39 is 0 Å². The van der Waals surface area contributed by atoms with Crippen molar-refractivity contribution >= 4 is 22.8 Å². The summed E-state index contributed by atoms with van der Waals surface area (Å²) in [6, 6.07) is 0. The Balaban J connectivity index is 1.90. The number of H-pyrrole nitrogens is 2. The molecule has 2 aromatic heterocycles. The SMILES string of the molecule is Clc1nc(OC2CCCCC2)c2[nH]c[nH+]c2n1. The van der Waals surface area contributed by atoms with E-state index in [9.17, 15) is 0 Å². The first-order chi connectivity index (χ1) is 8.33. The quantitative estimate of drug-likeness (QED) is 0.834. The third-order valence-corrected chi connectivity index (χ3v) is 3.27. The van der Waals surface area contributed by atoms with Gasteiger partial charge in [0.25, 0.3) is 5.88 Å². The number of hydrogen-bond donors (Lipinski definition) is 1. The molecular formula is C11H14ClN4O+. The van der Waals surface area contributed by atoms with Crippen LogP contribution in [0.3, 0.4) is 0 Å². The highest BCUT2D eigenvalue weighted by Gasteiger charge is 2.21. The van der Waals surface area contributed by atoms with Crippen LogP contribution in [-0.2, 0) is 0 Å². The molecule has 90 valence electrons. The highest BCUT2D eigenvalue weighted by atomic mass is 35.5. The Bertz CT molecular complexity index is 521. The van der Waals surface area contributed by atoms with E-state index >= 15 is 0 Å². The standard InChI is InChI=1S/C11H13ClN4O/c12-11-15-9-8(13-6-14-9)10(16-11)17-7-4-2-1-3-5-7/h6-7H,1-5H2,(H,13,14,15,16)/p+1. The zero-order valence-corrected chi connectivity index (χ0v) is 10.1. The molecule has 0 unspecified atom stereocenters. The van der Waals surface area contributed by atoms with E-state index in [1.54, 1.807) is 6.33 Å². The Morgan fingerprint density at radius 3 is 2.94 bits per heavy atom. The minimum absolute atomic E-state index is 0.208. The third kappa shape index (κ3) is 2.20. The van der Waals surface area contributed by atoms with Crippen LogP contribution in [0.5, 0.6) is 5.88 Å². The minimum atomic E-state index is 0.208. The zero-order chi connectivity index (χ0) is 11.7. The molecule has 0 aliphatic heterocycles. The van der Waals surface area contributed by atoms with Crippen molar-refractivity contribution in [2.24, 2.45) is 0 Å². The molecule has 1 fully saturated rings. The minimum Gasteiger partial charge on any atom is -0.472 e. The number of aromatic amines is 2. The molecule has 0 aromatic carbocycles. The van der Waals surface area contributed by atoms with Gasteiger partial charge in [-0.25, -0.2) is 4.98 Å². The fourth-order valence-electron chi connectivity index (χ4n) is 2.25. The van der Waals surface area contributed by atoms with Crippen molar-refractivity contribution < 1.29 is 9.72 Å². The van der Waals surface area contributed by atoms with Gasteiger partial charge in [-0.1, -0.05) is 11.4 Å². The fourth-order valence-corrected chi connectivity index (χ4v) is 2.41. The summed E-state index contributed by atoms with van der Waals surface area (Å²) in [6.07, 6.45) is 7.88. The molecule has 1 saturated carbocycles. The maximum Gasteiger partial charge on any atom is 0.308 e. The van der Waals surface area contributed by atoms with Crippen LogP contribution in [0.1, 0.15) is 32.1 Å². The molecule has 0 radical (unpaired) electrons. The predicted octanol–water partition coefficient (Wildman–Crippen LogP) is 2.14. The number of halogens is 1. The summed E-state index contributed by atoms with van der Waals surface area (Å²) in [5.74, 6) is 0.549. The Kier molecular flexibility index (Phi) is 2.84. The van der Waals surface area contributed by atoms with E-state index in [1.807, 2.05) is 0 Å². The zero-order valence-electron chi connectivity index (χ0n) is 9.37. The Morgan fingerprint density at radius 2 is 2.12 bits per heavy atom. The lowest BCUT2D eigenvalue weighted by Crippen LogP contribution is -2.20. The molecule has 2 N–H and O–H groups in total. The van der Waals surface area contributed by atoms with Gasteiger partial charge in [-0.2, -0.15) is 4.98 Å². The Hall–Kier alpha value is -1.36. The van der Waals surface area contributed by atoms with Crippen molar-refractivity contribution in [2.75, 3.05) is 0 Å². The molecule has 0 atom stereocenters. The second-order valence-electron chi connectivity index (χ2n) is 4.33. The largest absolute Gasteiger partial charge is 0.472 e. The van der Waals surface area contributed by atoms with Crippen LogP contribution in [0, 0.1) is 0 Å². The molecule has 0 bridgehead atoms. The number of ether oxygens (including phenoxy) is 1. The molecule has 0 saturated heterocycles. The first-order valence-electron chi connectivity index (χ1n) is 5.92. The molecule has 1 aliphatic rings. The maximum atomic E-state index is 5.92. The summed E-state index contributed by atoms with van der Waals surface area (Å²) < 4.78 is 5.92. The third-order valence-electron chi connectivity index (χ3n) is 3.10. The summed E-state index contributed by atoms with van der Waals surface area (Å²) in [7, 11) is 0. The summed E-state index contributed by atoms with van der Waals surface area (Å²) in [6.45, 7) is 0. The van der Waals surface area contributed by atoms with Gasteiger partial charge in [-0.05, 0) is 37.3 Å². The Labute approximate surface area is 104 Å². The molecular weight excluding hydrogens is 240 g/mol. The lowest BCUT2D eigenvalue weighted by atomic mass is 9.98. The van der Waals surface area contributed by atoms with Gasteiger partial charge in [0.05, 0.1) is 0 Å². The number of nitrogens with zero attached hydrogens (tertiary/aromatic N) is 2. The predicted molar refractivity (Wildman–Crippen MR) is 63.0 cm³/mol. The molecule has 2 aromatic rings. The molecule has 2 heterocycles. The number of hydrogen-bond acceptors (Lipinski definition) is 3. The molecule has 1 aliphatic carbocycles. The second kappa shape index (κ2) is 4.49. The monoisotopic (exact) mass is 253 g/mol. The van der Waals surface area contributed by atoms with Gasteiger partial charge in [0, 0.05) is 0 Å². The van der Waals surface area contributed by atoms with Crippen molar-refractivity contribution in [3.05, 3.63) is 11.6 Å². The molecule has 3 rings (SSSR count). The summed E-state index contributed by atoms with van der Waals surface area (Å²) in [5.41, 5.74) is 1.45. The van der Waals surface area contributed by atoms with Gasteiger partial charge in [-0.3, -0.25) is 4.98 Å². The summed E-state index contributed by atoms with van der Waals surface area (Å²) in [5, 5.41) is 0.208. The number of rotatable bonds is 2. The van der Waals surface area contributed by atoms with Crippen LogP contribution in [0.4, 0.5) is 0 Å². The van der Waals surface area contributed by atoms with Crippen LogP contribution < -0.4 is 9.72 Å². The van der Waals surface area contributed by atoms with Gasteiger partial charge in [0.15, 0.2) is 6.33 Å². The van der Waals surface area contributed by atoms with Crippen molar-refractivity contribution in [2.45, 2.75) is 38.2 Å². The van der Waals surface area contributed by atoms with Crippen molar-refractivity contribution in [1.29, 1.82) is 0 Å². The van der Waals surface area contributed by atoms with E-state index in [0.717, 1.165) is 18.4 Å². The smallest absolute Gasteiger partial charge is 0.308 e. The lowest BCUT2D eigenvalue weighted by Gasteiger charge is -2.21. The van der Waals surface area contributed by atoms with Gasteiger partial charge < -0.3 is 4.74 Å². The highest BCUT2D eigenvalue weighted by molar-refractivity contribution is 6.28. The van der Waals surface area contributed by atoms with Crippen LogP contribution in [0.25, 0.3) is 11.2 Å². The van der Waals surface area contributed by atoms with E-state index in [0.29, 0.717) is 11.5 Å². The van der Waals surface area contributed by atoms with Gasteiger partial charge in [-0.15, -0.1) is 0 Å². The van der Waals surface area contributed by atoms with E-state index in [1.165, 1.54) is 19.3 Å². The second-order valence-corrected chi connectivity index (χ2v) is 4.67. The van der Waals surface area contributed by atoms with Gasteiger partial charge in [0.2, 0.25) is 5.52 Å². The fraction of sp³-hybridized carbons (Fsp3) is 0.545. The number of fused-ring (bicyclic) bond motifs is 1. The van der Waals surface area contributed by atoms with Crippen LogP contribution in [0.2, 0.25) is 5.28 Å². The average molecular weight is 254 g/mol. The highest BCUT2D eigenvalue weighted by Crippen LogP contribution is 2.26. The molecule has 17 heavy (non-hydrogen) atoms. The Morgan fingerprint density at radius 1 is 1.29 bits per heavy atom. The topological polar surface area (TPSA) is 64.9 Å². The number of aromatic nitrogens is 4. The average Bonchev–Trinajstić information content (AvgIpc) is 2.78. The van der Waals surface area contributed by atoms with Crippen molar-refractivity contribution in [3.63, 3.8) is 0 Å². The molecule has 0 amide bonds. The molecule has 5 nitrogen and oxygen atoms in total. The first-order valence-corrected chi connectivity index (χ1v) is 6.30. The van der Waals surface area contributed by atoms with E-state index in [-0.39, 0.29) is 11.4 Å². The van der Waals surface area contributed by atoms with E-state index in [2.05, 4.69) is 19.9 Å². The maximum absolute atomic E-state index is 5.92.